The summed E-state index contributed by atoms with van der Waals surface area (Å²) in [5, 5.41) is 0. The molecule has 0 bridgehead atoms. The second kappa shape index (κ2) is 3.40. The molecule has 1 aromatic rings. The van der Waals surface area contributed by atoms with E-state index >= 15 is 0 Å². The zero-order valence-electron chi connectivity index (χ0n) is 5.88. The second-order valence-electron chi connectivity index (χ2n) is 2.23. The first kappa shape index (κ1) is 7.33. The smallest absolute Gasteiger partial charge is 0.0245 e. The molecule has 0 nitrogen and oxygen atoms in total. The van der Waals surface area contributed by atoms with Crippen molar-refractivity contribution >= 4 is 0 Å². The molecule has 1 rings (SSSR count). The molecule has 50 valence electrons. The Labute approximate surface area is 62.9 Å². The Hall–Kier alpha value is -0.780. The van der Waals surface area contributed by atoms with E-state index in [0.717, 1.165) is 11.1 Å². The molecule has 0 atom stereocenters. The van der Waals surface area contributed by atoms with Gasteiger partial charge in [-0.2, -0.15) is 0 Å². The van der Waals surface area contributed by atoms with Crippen LogP contribution in [0.2, 0.25) is 0 Å². The first-order chi connectivity index (χ1) is 4.86. The van der Waals surface area contributed by atoms with Gasteiger partial charge in [-0.25, -0.2) is 0 Å². The van der Waals surface area contributed by atoms with Crippen LogP contribution in [0.15, 0.2) is 24.3 Å². The van der Waals surface area contributed by atoms with E-state index < -0.39 is 0 Å². The maximum atomic E-state index is 5.43. The average molecular weight is 130 g/mol. The van der Waals surface area contributed by atoms with Gasteiger partial charge in [0.25, 0.3) is 0 Å². The van der Waals surface area contributed by atoms with Gasteiger partial charge < -0.3 is 0 Å². The molecular weight excluding hydrogens is 120 g/mol. The zero-order valence-corrected chi connectivity index (χ0v) is 5.88. The molecular formula is C10H10. The highest BCUT2D eigenvalue weighted by Gasteiger charge is 1.89. The topological polar surface area (TPSA) is 0 Å². The fourth-order valence-corrected chi connectivity index (χ4v) is 0.884. The zero-order chi connectivity index (χ0) is 7.40. The van der Waals surface area contributed by atoms with Gasteiger partial charge in [-0.15, -0.1) is 0 Å². The molecule has 0 saturated heterocycles. The SMILES string of the molecule is [CH]Cc1cccc(C[CH])c1. The Morgan fingerprint density at radius 1 is 1.00 bits per heavy atom. The summed E-state index contributed by atoms with van der Waals surface area (Å²) < 4.78 is 0. The van der Waals surface area contributed by atoms with Crippen molar-refractivity contribution in [2.75, 3.05) is 0 Å². The van der Waals surface area contributed by atoms with E-state index in [1.165, 1.54) is 0 Å². The molecule has 10 heavy (non-hydrogen) atoms. The minimum atomic E-state index is 0.591. The molecule has 0 fully saturated rings. The number of rotatable bonds is 2. The van der Waals surface area contributed by atoms with Crippen molar-refractivity contribution < 1.29 is 0 Å². The predicted octanol–water partition coefficient (Wildman–Crippen LogP) is 2.19. The van der Waals surface area contributed by atoms with Crippen LogP contribution in [-0.4, -0.2) is 0 Å². The average Bonchev–Trinajstić information content (AvgIpc) is 2.05. The third-order valence-electron chi connectivity index (χ3n) is 1.46. The van der Waals surface area contributed by atoms with Crippen LogP contribution in [0.5, 0.6) is 0 Å². The Morgan fingerprint density at radius 2 is 1.50 bits per heavy atom. The van der Waals surface area contributed by atoms with Crippen LogP contribution in [0.3, 0.4) is 0 Å². The van der Waals surface area contributed by atoms with Crippen LogP contribution in [-0.2, 0) is 12.8 Å². The highest BCUT2D eigenvalue weighted by atomic mass is 13.9. The Bertz CT molecular complexity index is 182. The van der Waals surface area contributed by atoms with Crippen LogP contribution in [0, 0.1) is 13.8 Å². The molecule has 4 radical (unpaired) electrons. The predicted molar refractivity (Wildman–Crippen MR) is 42.5 cm³/mol. The molecule has 0 heterocycles. The van der Waals surface area contributed by atoms with Gasteiger partial charge >= 0.3 is 0 Å². The van der Waals surface area contributed by atoms with Gasteiger partial charge in [-0.3, -0.25) is 0 Å². The molecule has 0 heteroatoms. The molecule has 0 spiro atoms. The Balaban J connectivity index is 2.87. The summed E-state index contributed by atoms with van der Waals surface area (Å²) in [6.45, 7) is 10.9. The molecule has 0 aliphatic rings. The summed E-state index contributed by atoms with van der Waals surface area (Å²) in [6, 6.07) is 8.00. The van der Waals surface area contributed by atoms with Crippen LogP contribution in [0.1, 0.15) is 11.1 Å². The Morgan fingerprint density at radius 3 is 1.90 bits per heavy atom. The van der Waals surface area contributed by atoms with Crippen molar-refractivity contribution in [1.29, 1.82) is 0 Å². The van der Waals surface area contributed by atoms with Crippen LogP contribution in [0.4, 0.5) is 0 Å². The first-order valence-electron chi connectivity index (χ1n) is 3.34. The standard InChI is InChI=1S/C10H10/c1-3-9-6-5-7-10(4-2)8-9/h1-2,5-8H,3-4H2. The van der Waals surface area contributed by atoms with Gasteiger partial charge in [0.15, 0.2) is 0 Å². The summed E-state index contributed by atoms with van der Waals surface area (Å²) in [5.74, 6) is 0. The largest absolute Gasteiger partial charge is 0.0617 e. The van der Waals surface area contributed by atoms with Gasteiger partial charge in [0, 0.05) is 0 Å². The monoisotopic (exact) mass is 130 g/mol. The first-order valence-corrected chi connectivity index (χ1v) is 3.34. The number of benzene rings is 1. The summed E-state index contributed by atoms with van der Waals surface area (Å²) in [7, 11) is 0. The van der Waals surface area contributed by atoms with Gasteiger partial charge in [0.2, 0.25) is 0 Å². The van der Waals surface area contributed by atoms with E-state index in [1.54, 1.807) is 0 Å². The van der Waals surface area contributed by atoms with E-state index in [-0.39, 0.29) is 0 Å². The maximum Gasteiger partial charge on any atom is -0.0245 e. The summed E-state index contributed by atoms with van der Waals surface area (Å²) in [6.07, 6.45) is 1.18. The van der Waals surface area contributed by atoms with Gasteiger partial charge in [-0.1, -0.05) is 24.3 Å². The van der Waals surface area contributed by atoms with Crippen molar-refractivity contribution in [3.8, 4) is 0 Å². The molecule has 0 saturated carbocycles. The molecule has 0 N–H and O–H groups in total. The normalized spacial score (nSPS) is 9.80. The molecule has 0 aliphatic carbocycles. The van der Waals surface area contributed by atoms with Gasteiger partial charge in [0.05, 0.1) is 0 Å². The van der Waals surface area contributed by atoms with Crippen molar-refractivity contribution in [2.24, 2.45) is 0 Å². The molecule has 0 aromatic heterocycles. The van der Waals surface area contributed by atoms with Crippen molar-refractivity contribution in [3.05, 3.63) is 49.2 Å². The lowest BCUT2D eigenvalue weighted by atomic mass is 10.1. The van der Waals surface area contributed by atoms with E-state index in [0.29, 0.717) is 12.8 Å². The molecule has 1 aromatic carbocycles. The van der Waals surface area contributed by atoms with E-state index in [4.69, 9.17) is 13.8 Å². The van der Waals surface area contributed by atoms with Crippen LogP contribution < -0.4 is 0 Å². The van der Waals surface area contributed by atoms with Gasteiger partial charge in [0.1, 0.15) is 0 Å². The Kier molecular flexibility index (Phi) is 2.49. The van der Waals surface area contributed by atoms with E-state index in [9.17, 15) is 0 Å². The molecule has 0 amide bonds. The van der Waals surface area contributed by atoms with Crippen LogP contribution >= 0.6 is 0 Å². The third kappa shape index (κ3) is 1.60. The van der Waals surface area contributed by atoms with Gasteiger partial charge in [-0.05, 0) is 37.8 Å². The van der Waals surface area contributed by atoms with E-state index in [2.05, 4.69) is 0 Å². The molecule has 0 unspecified atom stereocenters. The summed E-state index contributed by atoms with van der Waals surface area (Å²) in [4.78, 5) is 0. The van der Waals surface area contributed by atoms with Crippen LogP contribution in [0.25, 0.3) is 0 Å². The molecule has 0 aliphatic heterocycles. The lowest BCUT2D eigenvalue weighted by Crippen LogP contribution is -1.83. The highest BCUT2D eigenvalue weighted by Crippen LogP contribution is 2.05. The fourth-order valence-electron chi connectivity index (χ4n) is 0.884. The lowest BCUT2D eigenvalue weighted by molar-refractivity contribution is 1.20. The number of hydrogen-bond donors (Lipinski definition) is 0. The quantitative estimate of drug-likeness (QED) is 0.575. The highest BCUT2D eigenvalue weighted by molar-refractivity contribution is 5.24. The van der Waals surface area contributed by atoms with E-state index in [1.807, 2.05) is 24.3 Å². The van der Waals surface area contributed by atoms with Crippen molar-refractivity contribution in [2.45, 2.75) is 12.8 Å². The summed E-state index contributed by atoms with van der Waals surface area (Å²) >= 11 is 0. The number of hydrogen-bond acceptors (Lipinski definition) is 0. The fraction of sp³-hybridized carbons (Fsp3) is 0.200. The lowest BCUT2D eigenvalue weighted by Gasteiger charge is -1.98. The minimum Gasteiger partial charge on any atom is -0.0617 e. The third-order valence-corrected chi connectivity index (χ3v) is 1.46. The van der Waals surface area contributed by atoms with Crippen molar-refractivity contribution in [3.63, 3.8) is 0 Å². The second-order valence-corrected chi connectivity index (χ2v) is 2.23. The summed E-state index contributed by atoms with van der Waals surface area (Å²) in [5.41, 5.74) is 2.28. The van der Waals surface area contributed by atoms with Crippen molar-refractivity contribution in [1.82, 2.24) is 0 Å². The minimum absolute atomic E-state index is 0.591. The maximum absolute atomic E-state index is 5.43.